The molecule has 0 saturated carbocycles. The van der Waals surface area contributed by atoms with Crippen LogP contribution in [0.15, 0.2) is 36.4 Å². The van der Waals surface area contributed by atoms with Gasteiger partial charge in [0.2, 0.25) is 0 Å². The second-order valence-electron chi connectivity index (χ2n) is 5.68. The molecule has 0 bridgehead atoms. The first-order valence-corrected chi connectivity index (χ1v) is 7.67. The molecule has 130 valence electrons. The van der Waals surface area contributed by atoms with E-state index in [0.717, 1.165) is 17.7 Å². The number of anilines is 2. The third-order valence-electron chi connectivity index (χ3n) is 3.93. The van der Waals surface area contributed by atoms with Gasteiger partial charge in [0.15, 0.2) is 0 Å². The Bertz CT molecular complexity index is 819. The van der Waals surface area contributed by atoms with Gasteiger partial charge in [-0.2, -0.15) is 0 Å². The van der Waals surface area contributed by atoms with Crippen molar-refractivity contribution < 1.29 is 23.1 Å². The fourth-order valence-corrected chi connectivity index (χ4v) is 2.81. The van der Waals surface area contributed by atoms with Crippen molar-refractivity contribution in [3.8, 4) is 0 Å². The molecule has 0 atom stereocenters. The van der Waals surface area contributed by atoms with Gasteiger partial charge >= 0.3 is 0 Å². The molecule has 1 heterocycles. The van der Waals surface area contributed by atoms with Crippen LogP contribution < -0.4 is 10.2 Å². The van der Waals surface area contributed by atoms with Gasteiger partial charge in [-0.15, -0.1) is 0 Å². The van der Waals surface area contributed by atoms with Crippen LogP contribution in [0.4, 0.5) is 20.2 Å². The zero-order valence-corrected chi connectivity index (χ0v) is 13.5. The molecule has 0 aliphatic carbocycles. The minimum absolute atomic E-state index is 0.0292. The van der Waals surface area contributed by atoms with Crippen molar-refractivity contribution in [1.82, 2.24) is 0 Å². The highest BCUT2D eigenvalue weighted by Gasteiger charge is 2.25. The van der Waals surface area contributed by atoms with Crippen molar-refractivity contribution in [2.75, 3.05) is 30.5 Å². The maximum absolute atomic E-state index is 13.2. The lowest BCUT2D eigenvalue weighted by atomic mass is 10.1. The summed E-state index contributed by atoms with van der Waals surface area (Å²) < 4.78 is 31.4. The normalized spacial score (nSPS) is 12.8. The van der Waals surface area contributed by atoms with Gasteiger partial charge < -0.3 is 15.0 Å². The van der Waals surface area contributed by atoms with Crippen LogP contribution in [-0.4, -0.2) is 32.1 Å². The predicted molar refractivity (Wildman–Crippen MR) is 88.7 cm³/mol. The molecule has 1 aliphatic rings. The number of halogens is 2. The van der Waals surface area contributed by atoms with Crippen LogP contribution in [-0.2, 0) is 16.0 Å². The Balaban J connectivity index is 1.81. The van der Waals surface area contributed by atoms with Gasteiger partial charge in [-0.05, 0) is 36.2 Å². The number of fused-ring (bicyclic) bond motifs is 1. The van der Waals surface area contributed by atoms with Crippen LogP contribution in [0.3, 0.4) is 0 Å². The standard InChI is InChI=1S/C18H16F2N2O3/c1-25-10-17(23)22-5-4-11-2-3-15(9-16(11)22)21-18(24)12-6-13(19)8-14(20)7-12/h2-3,6-9H,4-5,10H2,1H3,(H,21,24). The highest BCUT2D eigenvalue weighted by molar-refractivity contribution is 6.05. The number of rotatable bonds is 4. The summed E-state index contributed by atoms with van der Waals surface area (Å²) in [7, 11) is 1.45. The van der Waals surface area contributed by atoms with E-state index in [1.54, 1.807) is 17.0 Å². The molecule has 0 fully saturated rings. The SMILES string of the molecule is COCC(=O)N1CCc2ccc(NC(=O)c3cc(F)cc(F)c3)cc21. The number of carbonyl (C=O) groups is 2. The first-order chi connectivity index (χ1) is 12.0. The van der Waals surface area contributed by atoms with E-state index in [2.05, 4.69) is 5.32 Å². The summed E-state index contributed by atoms with van der Waals surface area (Å²) in [5, 5.41) is 2.59. The number of hydrogen-bond donors (Lipinski definition) is 1. The molecular formula is C18H16F2N2O3. The molecule has 3 rings (SSSR count). The quantitative estimate of drug-likeness (QED) is 0.926. The minimum atomic E-state index is -0.824. The molecule has 1 aliphatic heterocycles. The van der Waals surface area contributed by atoms with E-state index in [4.69, 9.17) is 4.74 Å². The fraction of sp³-hybridized carbons (Fsp3) is 0.222. The number of amides is 2. The lowest BCUT2D eigenvalue weighted by Gasteiger charge is -2.17. The monoisotopic (exact) mass is 346 g/mol. The van der Waals surface area contributed by atoms with Crippen molar-refractivity contribution in [2.45, 2.75) is 6.42 Å². The number of ether oxygens (including phenoxy) is 1. The third kappa shape index (κ3) is 3.66. The number of benzene rings is 2. The van der Waals surface area contributed by atoms with Gasteiger partial charge in [-0.1, -0.05) is 6.07 Å². The molecule has 0 unspecified atom stereocenters. The Hall–Kier alpha value is -2.80. The molecule has 2 aromatic rings. The molecule has 0 spiro atoms. The van der Waals surface area contributed by atoms with Gasteiger partial charge in [0, 0.05) is 36.7 Å². The van der Waals surface area contributed by atoms with Crippen molar-refractivity contribution in [3.63, 3.8) is 0 Å². The van der Waals surface area contributed by atoms with Gasteiger partial charge in [-0.25, -0.2) is 8.78 Å². The molecule has 0 saturated heterocycles. The van der Waals surface area contributed by atoms with Crippen LogP contribution in [0.5, 0.6) is 0 Å². The van der Waals surface area contributed by atoms with E-state index in [0.29, 0.717) is 30.4 Å². The minimum Gasteiger partial charge on any atom is -0.375 e. The van der Waals surface area contributed by atoms with E-state index >= 15 is 0 Å². The molecule has 25 heavy (non-hydrogen) atoms. The summed E-state index contributed by atoms with van der Waals surface area (Å²) in [6, 6.07) is 7.79. The van der Waals surface area contributed by atoms with E-state index in [9.17, 15) is 18.4 Å². The van der Waals surface area contributed by atoms with Gasteiger partial charge in [0.1, 0.15) is 18.2 Å². The Labute approximate surface area is 143 Å². The lowest BCUT2D eigenvalue weighted by molar-refractivity contribution is -0.122. The van der Waals surface area contributed by atoms with Gasteiger partial charge in [0.05, 0.1) is 0 Å². The number of carbonyl (C=O) groups excluding carboxylic acids is 2. The molecule has 0 radical (unpaired) electrons. The average molecular weight is 346 g/mol. The van der Waals surface area contributed by atoms with Crippen LogP contribution in [0.1, 0.15) is 15.9 Å². The third-order valence-corrected chi connectivity index (χ3v) is 3.93. The van der Waals surface area contributed by atoms with Crippen molar-refractivity contribution in [2.24, 2.45) is 0 Å². The molecule has 0 aromatic heterocycles. The number of methoxy groups -OCH3 is 1. The fourth-order valence-electron chi connectivity index (χ4n) is 2.81. The molecule has 2 aromatic carbocycles. The topological polar surface area (TPSA) is 58.6 Å². The first-order valence-electron chi connectivity index (χ1n) is 7.67. The lowest BCUT2D eigenvalue weighted by Crippen LogP contribution is -2.32. The van der Waals surface area contributed by atoms with Gasteiger partial charge in [-0.3, -0.25) is 9.59 Å². The van der Waals surface area contributed by atoms with Crippen LogP contribution in [0.2, 0.25) is 0 Å². The maximum Gasteiger partial charge on any atom is 0.255 e. The Morgan fingerprint density at radius 3 is 2.56 bits per heavy atom. The number of nitrogens with one attached hydrogen (secondary N) is 1. The van der Waals surface area contributed by atoms with Crippen molar-refractivity contribution >= 4 is 23.2 Å². The summed E-state index contributed by atoms with van der Waals surface area (Å²) >= 11 is 0. The molecule has 5 nitrogen and oxygen atoms in total. The second kappa shape index (κ2) is 6.98. The molecular weight excluding hydrogens is 330 g/mol. The zero-order valence-electron chi connectivity index (χ0n) is 13.5. The summed E-state index contributed by atoms with van der Waals surface area (Å²) in [5.41, 5.74) is 2.00. The van der Waals surface area contributed by atoms with Gasteiger partial charge in [0.25, 0.3) is 11.8 Å². The van der Waals surface area contributed by atoms with E-state index in [-0.39, 0.29) is 18.1 Å². The summed E-state index contributed by atoms with van der Waals surface area (Å²) in [6.07, 6.45) is 0.716. The highest BCUT2D eigenvalue weighted by Crippen LogP contribution is 2.31. The van der Waals surface area contributed by atoms with E-state index < -0.39 is 17.5 Å². The summed E-state index contributed by atoms with van der Waals surface area (Å²) in [5.74, 6) is -2.45. The van der Waals surface area contributed by atoms with Crippen molar-refractivity contribution in [1.29, 1.82) is 0 Å². The number of hydrogen-bond acceptors (Lipinski definition) is 3. The molecule has 1 N–H and O–H groups in total. The Morgan fingerprint density at radius 1 is 1.16 bits per heavy atom. The Kier molecular flexibility index (Phi) is 4.76. The zero-order chi connectivity index (χ0) is 18.0. The van der Waals surface area contributed by atoms with Crippen molar-refractivity contribution in [3.05, 3.63) is 59.2 Å². The molecule has 2 amide bonds. The average Bonchev–Trinajstić information content (AvgIpc) is 2.97. The summed E-state index contributed by atoms with van der Waals surface area (Å²) in [6.45, 7) is 0.516. The second-order valence-corrected chi connectivity index (χ2v) is 5.68. The highest BCUT2D eigenvalue weighted by atomic mass is 19.1. The smallest absolute Gasteiger partial charge is 0.255 e. The van der Waals surface area contributed by atoms with E-state index in [1.165, 1.54) is 7.11 Å². The van der Waals surface area contributed by atoms with Crippen LogP contribution in [0.25, 0.3) is 0 Å². The van der Waals surface area contributed by atoms with E-state index in [1.807, 2.05) is 6.07 Å². The van der Waals surface area contributed by atoms with Crippen LogP contribution in [0, 0.1) is 11.6 Å². The predicted octanol–water partition coefficient (Wildman–Crippen LogP) is 2.75. The number of nitrogens with zero attached hydrogens (tertiary/aromatic N) is 1. The Morgan fingerprint density at radius 2 is 1.88 bits per heavy atom. The summed E-state index contributed by atoms with van der Waals surface area (Å²) in [4.78, 5) is 25.9. The van der Waals surface area contributed by atoms with Crippen LogP contribution >= 0.6 is 0 Å². The first kappa shape index (κ1) is 17.0. The molecule has 7 heteroatoms. The maximum atomic E-state index is 13.2. The largest absolute Gasteiger partial charge is 0.375 e.